The highest BCUT2D eigenvalue weighted by molar-refractivity contribution is 5.77. The number of nitrogens with one attached hydrogen (secondary N) is 1. The molecule has 1 aromatic heterocycles. The predicted molar refractivity (Wildman–Crippen MR) is 92.0 cm³/mol. The average Bonchev–Trinajstić information content (AvgIpc) is 3.03. The average molecular weight is 308 g/mol. The number of hydrogen-bond donors (Lipinski definition) is 1. The van der Waals surface area contributed by atoms with Crippen LogP contribution in [0.2, 0.25) is 0 Å². The van der Waals surface area contributed by atoms with Crippen LogP contribution in [0.15, 0.2) is 54.7 Å². The molecule has 1 fully saturated rings. The number of carbonyl (C=O) groups is 1. The van der Waals surface area contributed by atoms with Gasteiger partial charge in [0.25, 0.3) is 0 Å². The molecule has 1 N–H and O–H groups in total. The second-order valence-corrected chi connectivity index (χ2v) is 6.52. The van der Waals surface area contributed by atoms with Crippen molar-refractivity contribution >= 4 is 5.91 Å². The third kappa shape index (κ3) is 4.41. The Kier molecular flexibility index (Phi) is 5.06. The number of aromatic nitrogens is 1. The van der Waals surface area contributed by atoms with E-state index < -0.39 is 0 Å². The van der Waals surface area contributed by atoms with Crippen LogP contribution >= 0.6 is 0 Å². The lowest BCUT2D eigenvalue weighted by Gasteiger charge is -2.31. The lowest BCUT2D eigenvalue weighted by Crippen LogP contribution is -2.48. The van der Waals surface area contributed by atoms with Gasteiger partial charge in [-0.15, -0.1) is 0 Å². The number of carbonyl (C=O) groups excluding carboxylic acids is 1. The van der Waals surface area contributed by atoms with Crippen LogP contribution in [0, 0.1) is 0 Å². The summed E-state index contributed by atoms with van der Waals surface area (Å²) in [7, 11) is 0. The molecule has 1 amide bonds. The van der Waals surface area contributed by atoms with E-state index in [-0.39, 0.29) is 11.4 Å². The van der Waals surface area contributed by atoms with E-state index in [0.29, 0.717) is 12.8 Å². The molecule has 3 nitrogen and oxygen atoms in total. The van der Waals surface area contributed by atoms with E-state index in [1.54, 1.807) is 6.20 Å². The number of hydrogen-bond acceptors (Lipinski definition) is 2. The first-order valence-electron chi connectivity index (χ1n) is 8.51. The van der Waals surface area contributed by atoms with Crippen molar-refractivity contribution in [3.63, 3.8) is 0 Å². The van der Waals surface area contributed by atoms with Crippen molar-refractivity contribution in [2.75, 3.05) is 0 Å². The Morgan fingerprint density at radius 3 is 2.48 bits per heavy atom. The molecule has 1 aromatic carbocycles. The summed E-state index contributed by atoms with van der Waals surface area (Å²) < 4.78 is 0. The molecule has 0 aliphatic heterocycles. The van der Waals surface area contributed by atoms with Crippen LogP contribution in [0.4, 0.5) is 0 Å². The fourth-order valence-corrected chi connectivity index (χ4v) is 3.53. The minimum atomic E-state index is -0.0530. The molecular weight excluding hydrogens is 284 g/mol. The molecule has 1 aliphatic rings. The van der Waals surface area contributed by atoms with Gasteiger partial charge >= 0.3 is 0 Å². The Bertz CT molecular complexity index is 619. The quantitative estimate of drug-likeness (QED) is 0.884. The Balaban J connectivity index is 1.59. The molecule has 1 aliphatic carbocycles. The van der Waals surface area contributed by atoms with Gasteiger partial charge in [0.05, 0.1) is 0 Å². The van der Waals surface area contributed by atoms with Gasteiger partial charge < -0.3 is 5.32 Å². The van der Waals surface area contributed by atoms with Gasteiger partial charge in [0.15, 0.2) is 0 Å². The van der Waals surface area contributed by atoms with Gasteiger partial charge in [0.1, 0.15) is 0 Å². The summed E-state index contributed by atoms with van der Waals surface area (Å²) in [5.41, 5.74) is 2.23. The highest BCUT2D eigenvalue weighted by Crippen LogP contribution is 2.33. The van der Waals surface area contributed by atoms with Gasteiger partial charge in [0.2, 0.25) is 5.91 Å². The molecule has 3 heteroatoms. The third-order valence-corrected chi connectivity index (χ3v) is 4.68. The standard InChI is InChI=1S/C20H24N2O/c23-19(12-11-18-10-4-7-15-21-18)22-20(13-5-6-14-20)16-17-8-2-1-3-9-17/h1-4,7-10,15H,5-6,11-14,16H2,(H,22,23). The number of pyridine rings is 1. The van der Waals surface area contributed by atoms with Crippen molar-refractivity contribution in [3.8, 4) is 0 Å². The number of aryl methyl sites for hydroxylation is 1. The Hall–Kier alpha value is -2.16. The summed E-state index contributed by atoms with van der Waals surface area (Å²) in [6.45, 7) is 0. The summed E-state index contributed by atoms with van der Waals surface area (Å²) >= 11 is 0. The monoisotopic (exact) mass is 308 g/mol. The summed E-state index contributed by atoms with van der Waals surface area (Å²) in [4.78, 5) is 16.7. The van der Waals surface area contributed by atoms with Crippen molar-refractivity contribution in [1.29, 1.82) is 0 Å². The Morgan fingerprint density at radius 1 is 1.04 bits per heavy atom. The first-order chi connectivity index (χ1) is 11.3. The third-order valence-electron chi connectivity index (χ3n) is 4.68. The highest BCUT2D eigenvalue weighted by atomic mass is 16.1. The predicted octanol–water partition coefficient (Wildman–Crippen LogP) is 3.69. The van der Waals surface area contributed by atoms with E-state index in [1.165, 1.54) is 18.4 Å². The lowest BCUT2D eigenvalue weighted by atomic mass is 9.89. The van der Waals surface area contributed by atoms with E-state index >= 15 is 0 Å². The van der Waals surface area contributed by atoms with Crippen LogP contribution in [0.3, 0.4) is 0 Å². The molecule has 0 unspecified atom stereocenters. The first-order valence-corrected chi connectivity index (χ1v) is 8.51. The molecule has 3 rings (SSSR count). The zero-order valence-corrected chi connectivity index (χ0v) is 13.5. The molecule has 1 heterocycles. The van der Waals surface area contributed by atoms with Gasteiger partial charge in [-0.2, -0.15) is 0 Å². The van der Waals surface area contributed by atoms with E-state index in [1.807, 2.05) is 24.3 Å². The minimum Gasteiger partial charge on any atom is -0.350 e. The summed E-state index contributed by atoms with van der Waals surface area (Å²) in [6, 6.07) is 16.3. The topological polar surface area (TPSA) is 42.0 Å². The normalized spacial score (nSPS) is 16.2. The molecule has 0 spiro atoms. The maximum atomic E-state index is 12.4. The van der Waals surface area contributed by atoms with Crippen molar-refractivity contribution in [2.45, 2.75) is 50.5 Å². The SMILES string of the molecule is O=C(CCc1ccccn1)NC1(Cc2ccccc2)CCCC1. The van der Waals surface area contributed by atoms with Crippen LogP contribution in [0.5, 0.6) is 0 Å². The smallest absolute Gasteiger partial charge is 0.220 e. The fraction of sp³-hybridized carbons (Fsp3) is 0.400. The number of amides is 1. The van der Waals surface area contributed by atoms with Crippen LogP contribution < -0.4 is 5.32 Å². The zero-order valence-electron chi connectivity index (χ0n) is 13.5. The molecule has 120 valence electrons. The van der Waals surface area contributed by atoms with Gasteiger partial charge in [-0.3, -0.25) is 9.78 Å². The second-order valence-electron chi connectivity index (χ2n) is 6.52. The van der Waals surface area contributed by atoms with Crippen molar-refractivity contribution in [2.24, 2.45) is 0 Å². The number of rotatable bonds is 6. The summed E-state index contributed by atoms with van der Waals surface area (Å²) in [6.07, 6.45) is 8.49. The van der Waals surface area contributed by atoms with Crippen molar-refractivity contribution in [3.05, 3.63) is 66.0 Å². The summed E-state index contributed by atoms with van der Waals surface area (Å²) in [5.74, 6) is 0.147. The maximum Gasteiger partial charge on any atom is 0.220 e. The van der Waals surface area contributed by atoms with Gasteiger partial charge in [-0.1, -0.05) is 49.2 Å². The molecule has 23 heavy (non-hydrogen) atoms. The van der Waals surface area contributed by atoms with Crippen LogP contribution in [0.25, 0.3) is 0 Å². The van der Waals surface area contributed by atoms with Crippen LogP contribution in [0.1, 0.15) is 43.4 Å². The Morgan fingerprint density at radius 2 is 1.78 bits per heavy atom. The zero-order chi connectivity index (χ0) is 16.0. The molecule has 0 radical (unpaired) electrons. The first kappa shape index (κ1) is 15.7. The maximum absolute atomic E-state index is 12.4. The fourth-order valence-electron chi connectivity index (χ4n) is 3.53. The highest BCUT2D eigenvalue weighted by Gasteiger charge is 2.35. The molecule has 0 atom stereocenters. The number of benzene rings is 1. The van der Waals surface area contributed by atoms with Gasteiger partial charge in [-0.25, -0.2) is 0 Å². The molecule has 2 aromatic rings. The largest absolute Gasteiger partial charge is 0.350 e. The van der Waals surface area contributed by atoms with Crippen LogP contribution in [-0.4, -0.2) is 16.4 Å². The van der Waals surface area contributed by atoms with E-state index in [2.05, 4.69) is 34.6 Å². The van der Waals surface area contributed by atoms with Gasteiger partial charge in [-0.05, 0) is 43.4 Å². The molecule has 1 saturated carbocycles. The molecule has 0 saturated heterocycles. The molecular formula is C20H24N2O. The minimum absolute atomic E-state index is 0.0530. The van der Waals surface area contributed by atoms with E-state index in [0.717, 1.165) is 25.0 Å². The molecule has 0 bridgehead atoms. The van der Waals surface area contributed by atoms with E-state index in [9.17, 15) is 4.79 Å². The second kappa shape index (κ2) is 7.40. The number of nitrogens with zero attached hydrogens (tertiary/aromatic N) is 1. The van der Waals surface area contributed by atoms with Crippen LogP contribution in [-0.2, 0) is 17.6 Å². The lowest BCUT2D eigenvalue weighted by molar-refractivity contribution is -0.123. The van der Waals surface area contributed by atoms with Gasteiger partial charge in [0, 0.05) is 23.9 Å². The van der Waals surface area contributed by atoms with Crippen molar-refractivity contribution < 1.29 is 4.79 Å². The van der Waals surface area contributed by atoms with E-state index in [4.69, 9.17) is 0 Å². The van der Waals surface area contributed by atoms with Crippen molar-refractivity contribution in [1.82, 2.24) is 10.3 Å². The summed E-state index contributed by atoms with van der Waals surface area (Å²) in [5, 5.41) is 3.34. The Labute approximate surface area is 138 Å².